The van der Waals surface area contributed by atoms with Gasteiger partial charge in [-0.05, 0) is 38.0 Å². The molecule has 5 rings (SSSR count). The van der Waals surface area contributed by atoms with Crippen LogP contribution in [0.25, 0.3) is 11.1 Å². The lowest BCUT2D eigenvalue weighted by Gasteiger charge is -2.13. The first-order valence-electron chi connectivity index (χ1n) is 8.51. The summed E-state index contributed by atoms with van der Waals surface area (Å²) in [5.74, 6) is -1.90. The number of aryl methyl sites for hydroxylation is 1. The zero-order valence-electron chi connectivity index (χ0n) is 14.3. The fraction of sp³-hybridized carbons (Fsp3) is 0.211. The molecule has 1 aliphatic heterocycles. The molecule has 8 heteroatoms. The van der Waals surface area contributed by atoms with Crippen LogP contribution in [-0.2, 0) is 4.84 Å². The van der Waals surface area contributed by atoms with Gasteiger partial charge in [0.1, 0.15) is 0 Å². The number of pyridine rings is 1. The van der Waals surface area contributed by atoms with Crippen molar-refractivity contribution >= 4 is 28.9 Å². The average molecular weight is 363 g/mol. The molecule has 134 valence electrons. The Hall–Kier alpha value is -3.55. The van der Waals surface area contributed by atoms with E-state index >= 15 is 0 Å². The van der Waals surface area contributed by atoms with Gasteiger partial charge in [-0.3, -0.25) is 9.59 Å². The Kier molecular flexibility index (Phi) is 3.18. The van der Waals surface area contributed by atoms with E-state index in [2.05, 4.69) is 10.1 Å². The Labute approximate surface area is 152 Å². The molecule has 0 unspecified atom stereocenters. The van der Waals surface area contributed by atoms with Gasteiger partial charge in [0.15, 0.2) is 0 Å². The van der Waals surface area contributed by atoms with Crippen LogP contribution in [0, 0.1) is 6.92 Å². The summed E-state index contributed by atoms with van der Waals surface area (Å²) >= 11 is 0. The summed E-state index contributed by atoms with van der Waals surface area (Å²) in [6.45, 7) is 1.68. The van der Waals surface area contributed by atoms with Gasteiger partial charge >= 0.3 is 5.97 Å². The summed E-state index contributed by atoms with van der Waals surface area (Å²) in [6.07, 6.45) is 1.97. The Bertz CT molecular complexity index is 1110. The summed E-state index contributed by atoms with van der Waals surface area (Å²) in [5, 5.41) is 4.78. The Balaban J connectivity index is 1.53. The number of hydrogen-bond donors (Lipinski definition) is 0. The number of aromatic nitrogens is 2. The highest BCUT2D eigenvalue weighted by molar-refractivity contribution is 6.21. The van der Waals surface area contributed by atoms with Crippen LogP contribution in [0.4, 0.5) is 0 Å². The first-order chi connectivity index (χ1) is 13.0. The van der Waals surface area contributed by atoms with Crippen molar-refractivity contribution in [3.63, 3.8) is 0 Å². The molecule has 1 fully saturated rings. The highest BCUT2D eigenvalue weighted by atomic mass is 16.7. The Morgan fingerprint density at radius 1 is 1.19 bits per heavy atom. The van der Waals surface area contributed by atoms with Crippen molar-refractivity contribution in [2.24, 2.45) is 0 Å². The number of fused-ring (bicyclic) bond motifs is 2. The summed E-state index contributed by atoms with van der Waals surface area (Å²) < 4.78 is 5.20. The first kappa shape index (κ1) is 15.7. The molecule has 1 saturated carbocycles. The minimum absolute atomic E-state index is 0.178. The third kappa shape index (κ3) is 2.33. The van der Waals surface area contributed by atoms with E-state index in [1.54, 1.807) is 25.1 Å². The van der Waals surface area contributed by atoms with E-state index in [1.807, 2.05) is 0 Å². The predicted octanol–water partition coefficient (Wildman–Crippen LogP) is 2.78. The molecule has 0 atom stereocenters. The molecular formula is C19H13N3O5. The summed E-state index contributed by atoms with van der Waals surface area (Å²) in [6, 6.07) is 7.95. The lowest BCUT2D eigenvalue weighted by Crippen LogP contribution is -2.32. The van der Waals surface area contributed by atoms with Crippen molar-refractivity contribution < 1.29 is 23.7 Å². The van der Waals surface area contributed by atoms with Crippen LogP contribution >= 0.6 is 0 Å². The zero-order valence-corrected chi connectivity index (χ0v) is 14.3. The van der Waals surface area contributed by atoms with Gasteiger partial charge in [-0.25, -0.2) is 9.78 Å². The molecule has 2 amide bonds. The summed E-state index contributed by atoms with van der Waals surface area (Å²) in [4.78, 5) is 47.3. The molecule has 3 heterocycles. The van der Waals surface area contributed by atoms with Crippen molar-refractivity contribution in [1.29, 1.82) is 0 Å². The van der Waals surface area contributed by atoms with E-state index in [0.717, 1.165) is 12.8 Å². The van der Waals surface area contributed by atoms with Gasteiger partial charge in [0, 0.05) is 11.6 Å². The molecule has 27 heavy (non-hydrogen) atoms. The van der Waals surface area contributed by atoms with Crippen molar-refractivity contribution in [1.82, 2.24) is 15.2 Å². The maximum atomic E-state index is 12.8. The molecule has 0 radical (unpaired) electrons. The second kappa shape index (κ2) is 5.47. The maximum absolute atomic E-state index is 12.8. The van der Waals surface area contributed by atoms with Gasteiger partial charge in [-0.1, -0.05) is 22.4 Å². The second-order valence-electron chi connectivity index (χ2n) is 6.65. The fourth-order valence-electron chi connectivity index (χ4n) is 3.25. The van der Waals surface area contributed by atoms with Gasteiger partial charge in [-0.15, -0.1) is 0 Å². The number of carbonyl (C=O) groups excluding carboxylic acids is 3. The van der Waals surface area contributed by atoms with E-state index in [0.29, 0.717) is 21.8 Å². The molecule has 1 aromatic carbocycles. The summed E-state index contributed by atoms with van der Waals surface area (Å²) in [7, 11) is 0. The zero-order chi connectivity index (χ0) is 18.7. The largest absolute Gasteiger partial charge is 0.364 e. The molecule has 0 N–H and O–H groups in total. The van der Waals surface area contributed by atoms with E-state index in [-0.39, 0.29) is 28.3 Å². The van der Waals surface area contributed by atoms with Crippen molar-refractivity contribution in [3.05, 3.63) is 58.4 Å². The van der Waals surface area contributed by atoms with Crippen LogP contribution in [0.5, 0.6) is 0 Å². The van der Waals surface area contributed by atoms with Gasteiger partial charge in [0.05, 0.1) is 27.8 Å². The number of benzene rings is 1. The number of imide groups is 1. The number of hydroxylamine groups is 2. The van der Waals surface area contributed by atoms with Crippen molar-refractivity contribution in [3.8, 4) is 0 Å². The quantitative estimate of drug-likeness (QED) is 0.659. The van der Waals surface area contributed by atoms with Crippen LogP contribution < -0.4 is 0 Å². The van der Waals surface area contributed by atoms with Crippen LogP contribution in [-0.4, -0.2) is 33.0 Å². The smallest absolute Gasteiger partial charge is 0.336 e. The second-order valence-corrected chi connectivity index (χ2v) is 6.65. The third-order valence-electron chi connectivity index (χ3n) is 4.78. The predicted molar refractivity (Wildman–Crippen MR) is 90.9 cm³/mol. The topological polar surface area (TPSA) is 103 Å². The monoisotopic (exact) mass is 363 g/mol. The van der Waals surface area contributed by atoms with E-state index in [1.165, 1.54) is 12.1 Å². The minimum Gasteiger partial charge on any atom is -0.336 e. The number of hydrogen-bond acceptors (Lipinski definition) is 7. The van der Waals surface area contributed by atoms with Gasteiger partial charge in [-0.2, -0.15) is 0 Å². The number of rotatable bonds is 3. The lowest BCUT2D eigenvalue weighted by atomic mass is 10.1. The van der Waals surface area contributed by atoms with Crippen LogP contribution in [0.15, 0.2) is 34.9 Å². The van der Waals surface area contributed by atoms with E-state index in [9.17, 15) is 14.4 Å². The molecule has 3 aromatic rings. The van der Waals surface area contributed by atoms with Gasteiger partial charge < -0.3 is 9.36 Å². The molecule has 8 nitrogen and oxygen atoms in total. The molecule has 0 bridgehead atoms. The molecule has 0 spiro atoms. The molecule has 2 aromatic heterocycles. The highest BCUT2D eigenvalue weighted by Gasteiger charge is 2.39. The third-order valence-corrected chi connectivity index (χ3v) is 4.78. The number of carbonyl (C=O) groups is 3. The van der Waals surface area contributed by atoms with Crippen LogP contribution in [0.1, 0.15) is 61.2 Å². The minimum atomic E-state index is -0.829. The number of nitrogens with zero attached hydrogens (tertiary/aromatic N) is 3. The van der Waals surface area contributed by atoms with E-state index < -0.39 is 17.8 Å². The normalized spacial score (nSPS) is 16.1. The van der Waals surface area contributed by atoms with Gasteiger partial charge in [0.25, 0.3) is 17.5 Å². The molecule has 1 aliphatic carbocycles. The van der Waals surface area contributed by atoms with Crippen molar-refractivity contribution in [2.75, 3.05) is 0 Å². The number of amides is 2. The summed E-state index contributed by atoms with van der Waals surface area (Å²) in [5.41, 5.74) is 2.02. The van der Waals surface area contributed by atoms with Crippen LogP contribution in [0.3, 0.4) is 0 Å². The van der Waals surface area contributed by atoms with E-state index in [4.69, 9.17) is 9.36 Å². The van der Waals surface area contributed by atoms with Crippen molar-refractivity contribution in [2.45, 2.75) is 25.7 Å². The average Bonchev–Trinajstić information content (AvgIpc) is 3.43. The fourth-order valence-corrected chi connectivity index (χ4v) is 3.25. The van der Waals surface area contributed by atoms with Gasteiger partial charge in [0.2, 0.25) is 0 Å². The Morgan fingerprint density at radius 3 is 2.48 bits per heavy atom. The SMILES string of the molecule is Cc1noc2nc(C3CC3)cc(C(=O)ON3C(=O)c4ccccc4C3=O)c12. The molecule has 2 aliphatic rings. The Morgan fingerprint density at radius 2 is 1.85 bits per heavy atom. The lowest BCUT2D eigenvalue weighted by molar-refractivity contribution is -0.0583. The highest BCUT2D eigenvalue weighted by Crippen LogP contribution is 2.40. The van der Waals surface area contributed by atoms with Crippen LogP contribution in [0.2, 0.25) is 0 Å². The molecular weight excluding hydrogens is 350 g/mol. The first-order valence-corrected chi connectivity index (χ1v) is 8.51. The molecule has 0 saturated heterocycles. The standard InChI is InChI=1S/C19H13N3O5/c1-9-15-13(8-14(10-6-7-10)20-16(15)26-21-9)19(25)27-22-17(23)11-4-2-3-5-12(11)18(22)24/h2-5,8,10H,6-7H2,1H3. The maximum Gasteiger partial charge on any atom is 0.364 e.